The molecule has 0 saturated heterocycles. The van der Waals surface area contributed by atoms with Gasteiger partial charge in [0.25, 0.3) is 5.91 Å². The highest BCUT2D eigenvalue weighted by Crippen LogP contribution is 2.25. The number of hydrogen-bond donors (Lipinski definition) is 1. The van der Waals surface area contributed by atoms with Crippen LogP contribution in [0.25, 0.3) is 11.3 Å². The van der Waals surface area contributed by atoms with E-state index < -0.39 is 0 Å². The molecule has 1 N–H and O–H groups in total. The number of imidazole rings is 1. The summed E-state index contributed by atoms with van der Waals surface area (Å²) >= 11 is 0. The zero-order valence-electron chi connectivity index (χ0n) is 14.8. The van der Waals surface area contributed by atoms with Crippen LogP contribution in [0, 0.1) is 0 Å². The highest BCUT2D eigenvalue weighted by atomic mass is 16.5. The maximum Gasteiger partial charge on any atom is 0.251 e. The lowest BCUT2D eigenvalue weighted by Crippen LogP contribution is -2.26. The second-order valence-corrected chi connectivity index (χ2v) is 5.90. The molecule has 0 saturated carbocycles. The number of benzene rings is 1. The van der Waals surface area contributed by atoms with Gasteiger partial charge in [-0.3, -0.25) is 4.79 Å². The van der Waals surface area contributed by atoms with E-state index in [1.807, 2.05) is 22.9 Å². The first-order valence-corrected chi connectivity index (χ1v) is 8.40. The van der Waals surface area contributed by atoms with Crippen molar-refractivity contribution in [3.63, 3.8) is 0 Å². The lowest BCUT2D eigenvalue weighted by atomic mass is 10.1. The van der Waals surface area contributed by atoms with Crippen LogP contribution in [0.4, 0.5) is 0 Å². The summed E-state index contributed by atoms with van der Waals surface area (Å²) in [6.07, 6.45) is 9.44. The van der Waals surface area contributed by atoms with Crippen molar-refractivity contribution in [1.29, 1.82) is 0 Å². The number of nitrogens with one attached hydrogen (secondary N) is 1. The van der Waals surface area contributed by atoms with Gasteiger partial charge in [0.1, 0.15) is 5.69 Å². The molecule has 1 atom stereocenters. The SMILES string of the molecule is COc1nccnc1-c1cccc(C(=O)NCC[C@H](C)n2ccnc2)c1. The first kappa shape index (κ1) is 17.6. The van der Waals surface area contributed by atoms with Gasteiger partial charge in [0, 0.05) is 48.5 Å². The van der Waals surface area contributed by atoms with Gasteiger partial charge in [-0.2, -0.15) is 0 Å². The first-order valence-electron chi connectivity index (χ1n) is 8.40. The summed E-state index contributed by atoms with van der Waals surface area (Å²) in [5, 5.41) is 2.96. The third-order valence-corrected chi connectivity index (χ3v) is 4.14. The van der Waals surface area contributed by atoms with Crippen LogP contribution < -0.4 is 10.1 Å². The van der Waals surface area contributed by atoms with Crippen molar-refractivity contribution in [2.45, 2.75) is 19.4 Å². The average molecular weight is 351 g/mol. The van der Waals surface area contributed by atoms with E-state index >= 15 is 0 Å². The number of amides is 1. The number of rotatable bonds is 7. The predicted molar refractivity (Wildman–Crippen MR) is 97.9 cm³/mol. The standard InChI is InChI=1S/C19H21N5O2/c1-14(24-11-10-20-13-24)6-7-22-18(25)16-5-3-4-15(12-16)17-19(26-2)23-9-8-21-17/h3-5,8-14H,6-7H2,1-2H3,(H,22,25)/t14-/m0/s1. The Balaban J connectivity index is 1.65. The average Bonchev–Trinajstić information content (AvgIpc) is 3.23. The number of carbonyl (C=O) groups is 1. The lowest BCUT2D eigenvalue weighted by molar-refractivity contribution is 0.0952. The Hall–Kier alpha value is -3.22. The molecule has 1 aromatic carbocycles. The fourth-order valence-corrected chi connectivity index (χ4v) is 2.66. The van der Waals surface area contributed by atoms with Crippen LogP contribution in [0.15, 0.2) is 55.4 Å². The van der Waals surface area contributed by atoms with Gasteiger partial charge in [0.15, 0.2) is 0 Å². The van der Waals surface area contributed by atoms with Gasteiger partial charge in [-0.15, -0.1) is 0 Å². The molecule has 0 aliphatic rings. The smallest absolute Gasteiger partial charge is 0.251 e. The quantitative estimate of drug-likeness (QED) is 0.708. The van der Waals surface area contributed by atoms with E-state index in [0.717, 1.165) is 12.0 Å². The molecule has 0 bridgehead atoms. The van der Waals surface area contributed by atoms with E-state index in [1.54, 1.807) is 44.2 Å². The van der Waals surface area contributed by atoms with Crippen molar-refractivity contribution in [3.05, 3.63) is 60.9 Å². The molecule has 0 aliphatic heterocycles. The molecule has 26 heavy (non-hydrogen) atoms. The van der Waals surface area contributed by atoms with E-state index in [0.29, 0.717) is 23.7 Å². The van der Waals surface area contributed by atoms with Gasteiger partial charge in [0.2, 0.25) is 5.88 Å². The monoisotopic (exact) mass is 351 g/mol. The Morgan fingerprint density at radius 2 is 2.12 bits per heavy atom. The Bertz CT molecular complexity index is 864. The van der Waals surface area contributed by atoms with Crippen molar-refractivity contribution in [2.75, 3.05) is 13.7 Å². The van der Waals surface area contributed by atoms with Crippen LogP contribution >= 0.6 is 0 Å². The van der Waals surface area contributed by atoms with Crippen LogP contribution in [0.5, 0.6) is 5.88 Å². The van der Waals surface area contributed by atoms with E-state index in [1.165, 1.54) is 0 Å². The number of carbonyl (C=O) groups excluding carboxylic acids is 1. The molecule has 0 unspecified atom stereocenters. The van der Waals surface area contributed by atoms with Gasteiger partial charge < -0.3 is 14.6 Å². The van der Waals surface area contributed by atoms with Crippen molar-refractivity contribution < 1.29 is 9.53 Å². The molecular weight excluding hydrogens is 330 g/mol. The van der Waals surface area contributed by atoms with Crippen LogP contribution in [0.3, 0.4) is 0 Å². The molecule has 3 aromatic rings. The van der Waals surface area contributed by atoms with Gasteiger partial charge in [-0.1, -0.05) is 12.1 Å². The fraction of sp³-hybridized carbons (Fsp3) is 0.263. The molecule has 2 aromatic heterocycles. The second-order valence-electron chi connectivity index (χ2n) is 5.90. The van der Waals surface area contributed by atoms with E-state index in [-0.39, 0.29) is 11.9 Å². The van der Waals surface area contributed by atoms with Crippen molar-refractivity contribution in [3.8, 4) is 17.1 Å². The third-order valence-electron chi connectivity index (χ3n) is 4.14. The number of aromatic nitrogens is 4. The van der Waals surface area contributed by atoms with Crippen molar-refractivity contribution in [1.82, 2.24) is 24.8 Å². The van der Waals surface area contributed by atoms with Crippen LogP contribution in [-0.4, -0.2) is 39.1 Å². The lowest BCUT2D eigenvalue weighted by Gasteiger charge is -2.13. The zero-order valence-corrected chi connectivity index (χ0v) is 14.8. The van der Waals surface area contributed by atoms with Gasteiger partial charge in [-0.05, 0) is 25.5 Å². The summed E-state index contributed by atoms with van der Waals surface area (Å²) in [6, 6.07) is 7.55. The Morgan fingerprint density at radius 1 is 1.27 bits per heavy atom. The first-order chi connectivity index (χ1) is 12.7. The highest BCUT2D eigenvalue weighted by Gasteiger charge is 2.12. The fourth-order valence-electron chi connectivity index (χ4n) is 2.66. The normalized spacial score (nSPS) is 11.8. The third kappa shape index (κ3) is 4.05. The zero-order chi connectivity index (χ0) is 18.4. The van der Waals surface area contributed by atoms with Crippen LogP contribution in [0.1, 0.15) is 29.7 Å². The summed E-state index contributed by atoms with van der Waals surface area (Å²) in [5.74, 6) is 0.312. The second kappa shape index (κ2) is 8.24. The Labute approximate surface area is 152 Å². The molecule has 134 valence electrons. The van der Waals surface area contributed by atoms with Crippen LogP contribution in [-0.2, 0) is 0 Å². The van der Waals surface area contributed by atoms with E-state index in [4.69, 9.17) is 4.74 Å². The Morgan fingerprint density at radius 3 is 2.88 bits per heavy atom. The number of ether oxygens (including phenoxy) is 1. The molecule has 0 aliphatic carbocycles. The van der Waals surface area contributed by atoms with Crippen molar-refractivity contribution in [2.24, 2.45) is 0 Å². The molecule has 1 amide bonds. The molecule has 2 heterocycles. The van der Waals surface area contributed by atoms with Gasteiger partial charge in [-0.25, -0.2) is 15.0 Å². The maximum atomic E-state index is 12.5. The van der Waals surface area contributed by atoms with Gasteiger partial charge in [0.05, 0.1) is 13.4 Å². The summed E-state index contributed by atoms with van der Waals surface area (Å²) in [5.41, 5.74) is 1.97. The molecule has 0 fully saturated rings. The largest absolute Gasteiger partial charge is 0.479 e. The molecule has 0 spiro atoms. The van der Waals surface area contributed by atoms with Gasteiger partial charge >= 0.3 is 0 Å². The minimum Gasteiger partial charge on any atom is -0.479 e. The van der Waals surface area contributed by atoms with Crippen LogP contribution in [0.2, 0.25) is 0 Å². The summed E-state index contributed by atoms with van der Waals surface area (Å²) in [4.78, 5) is 24.9. The molecular formula is C19H21N5O2. The minimum absolute atomic E-state index is 0.118. The molecule has 7 heteroatoms. The highest BCUT2D eigenvalue weighted by molar-refractivity contribution is 5.95. The number of hydrogen-bond acceptors (Lipinski definition) is 5. The number of methoxy groups -OCH3 is 1. The number of nitrogens with zero attached hydrogens (tertiary/aromatic N) is 4. The van der Waals surface area contributed by atoms with E-state index in [9.17, 15) is 4.79 Å². The molecule has 0 radical (unpaired) electrons. The predicted octanol–water partition coefficient (Wildman–Crippen LogP) is 2.73. The minimum atomic E-state index is -0.118. The molecule has 3 rings (SSSR count). The maximum absolute atomic E-state index is 12.5. The summed E-state index contributed by atoms with van der Waals surface area (Å²) in [7, 11) is 1.55. The van der Waals surface area contributed by atoms with E-state index in [2.05, 4.69) is 27.2 Å². The summed E-state index contributed by atoms with van der Waals surface area (Å²) < 4.78 is 7.27. The Kier molecular flexibility index (Phi) is 5.58. The topological polar surface area (TPSA) is 81.9 Å². The summed E-state index contributed by atoms with van der Waals surface area (Å²) in [6.45, 7) is 2.67. The molecule has 7 nitrogen and oxygen atoms in total. The van der Waals surface area contributed by atoms with Crippen molar-refractivity contribution >= 4 is 5.91 Å².